The average molecular weight is 296 g/mol. The second kappa shape index (κ2) is 10.8. The van der Waals surface area contributed by atoms with Crippen LogP contribution < -0.4 is 0 Å². The van der Waals surface area contributed by atoms with Gasteiger partial charge in [0.05, 0.1) is 6.10 Å². The fraction of sp³-hybridized carbons (Fsp3) is 0.833. The van der Waals surface area contributed by atoms with E-state index in [4.69, 9.17) is 5.11 Å². The highest BCUT2D eigenvalue weighted by atomic mass is 16.4. The third-order valence-corrected chi connectivity index (χ3v) is 4.53. The van der Waals surface area contributed by atoms with Crippen LogP contribution in [0.2, 0.25) is 0 Å². The van der Waals surface area contributed by atoms with E-state index in [1.807, 2.05) is 0 Å². The molecule has 3 heteroatoms. The number of hydrogen-bond donors (Lipinski definition) is 2. The third kappa shape index (κ3) is 8.25. The Kier molecular flexibility index (Phi) is 9.40. The van der Waals surface area contributed by atoms with E-state index in [1.54, 1.807) is 0 Å². The summed E-state index contributed by atoms with van der Waals surface area (Å²) in [5.41, 5.74) is 0. The molecule has 122 valence electrons. The molecule has 1 aliphatic carbocycles. The summed E-state index contributed by atoms with van der Waals surface area (Å²) in [7, 11) is 0. The highest BCUT2D eigenvalue weighted by Crippen LogP contribution is 2.29. The Hall–Kier alpha value is -0.830. The average Bonchev–Trinajstić information content (AvgIpc) is 2.44. The fourth-order valence-corrected chi connectivity index (χ4v) is 3.16. The van der Waals surface area contributed by atoms with Crippen molar-refractivity contribution < 1.29 is 15.0 Å². The van der Waals surface area contributed by atoms with Crippen molar-refractivity contribution in [3.63, 3.8) is 0 Å². The van der Waals surface area contributed by atoms with Crippen LogP contribution in [0.25, 0.3) is 0 Å². The summed E-state index contributed by atoms with van der Waals surface area (Å²) in [5, 5.41) is 18.8. The summed E-state index contributed by atoms with van der Waals surface area (Å²) in [6.07, 6.45) is 15.5. The predicted molar refractivity (Wildman–Crippen MR) is 86.2 cm³/mol. The minimum absolute atomic E-state index is 0.180. The zero-order valence-corrected chi connectivity index (χ0v) is 13.5. The Bertz CT molecular complexity index is 312. The molecule has 0 saturated heterocycles. The van der Waals surface area contributed by atoms with Crippen LogP contribution in [0.4, 0.5) is 0 Å². The van der Waals surface area contributed by atoms with Crippen LogP contribution in [0.3, 0.4) is 0 Å². The molecule has 0 radical (unpaired) electrons. The summed E-state index contributed by atoms with van der Waals surface area (Å²) < 4.78 is 0. The van der Waals surface area contributed by atoms with E-state index in [2.05, 4.69) is 19.1 Å². The van der Waals surface area contributed by atoms with E-state index in [0.29, 0.717) is 11.8 Å². The smallest absolute Gasteiger partial charge is 0.303 e. The summed E-state index contributed by atoms with van der Waals surface area (Å²) in [6, 6.07) is 0. The number of allylic oxidation sites excluding steroid dienone is 1. The molecule has 0 heterocycles. The molecule has 0 aromatic heterocycles. The van der Waals surface area contributed by atoms with Crippen LogP contribution in [0.15, 0.2) is 12.2 Å². The molecule has 0 aliphatic heterocycles. The van der Waals surface area contributed by atoms with Crippen molar-refractivity contribution >= 4 is 5.97 Å². The van der Waals surface area contributed by atoms with Crippen molar-refractivity contribution in [2.45, 2.75) is 83.7 Å². The highest BCUT2D eigenvalue weighted by Gasteiger charge is 2.23. The number of carboxylic acid groups (broad SMARTS) is 1. The van der Waals surface area contributed by atoms with Crippen molar-refractivity contribution in [2.75, 3.05) is 0 Å². The monoisotopic (exact) mass is 296 g/mol. The Morgan fingerprint density at radius 3 is 2.43 bits per heavy atom. The quantitative estimate of drug-likeness (QED) is 0.434. The van der Waals surface area contributed by atoms with Crippen molar-refractivity contribution in [3.8, 4) is 0 Å². The maximum atomic E-state index is 10.4. The number of carbonyl (C=O) groups is 1. The molecule has 21 heavy (non-hydrogen) atoms. The van der Waals surface area contributed by atoms with Gasteiger partial charge < -0.3 is 10.2 Å². The van der Waals surface area contributed by atoms with Gasteiger partial charge in [0.15, 0.2) is 0 Å². The lowest BCUT2D eigenvalue weighted by Crippen LogP contribution is -2.25. The van der Waals surface area contributed by atoms with Gasteiger partial charge >= 0.3 is 5.97 Å². The van der Waals surface area contributed by atoms with E-state index in [-0.39, 0.29) is 12.5 Å². The Morgan fingerprint density at radius 2 is 1.76 bits per heavy atom. The first-order valence-electron chi connectivity index (χ1n) is 8.71. The Morgan fingerprint density at radius 1 is 1.05 bits per heavy atom. The molecule has 0 amide bonds. The second-order valence-corrected chi connectivity index (χ2v) is 6.45. The summed E-state index contributed by atoms with van der Waals surface area (Å²) >= 11 is 0. The van der Waals surface area contributed by atoms with Gasteiger partial charge in [-0.25, -0.2) is 0 Å². The van der Waals surface area contributed by atoms with Crippen LogP contribution in [-0.2, 0) is 4.79 Å². The van der Waals surface area contributed by atoms with Gasteiger partial charge in [0.1, 0.15) is 0 Å². The SMILES string of the molecule is CCCCCC1C=CC(CCCCCCC(=O)O)C(O)C1. The lowest BCUT2D eigenvalue weighted by atomic mass is 9.81. The minimum Gasteiger partial charge on any atom is -0.481 e. The van der Waals surface area contributed by atoms with E-state index in [9.17, 15) is 9.90 Å². The number of hydrogen-bond acceptors (Lipinski definition) is 2. The fourth-order valence-electron chi connectivity index (χ4n) is 3.16. The third-order valence-electron chi connectivity index (χ3n) is 4.53. The van der Waals surface area contributed by atoms with Gasteiger partial charge in [-0.2, -0.15) is 0 Å². The summed E-state index contributed by atoms with van der Waals surface area (Å²) in [4.78, 5) is 10.4. The molecule has 1 aliphatic rings. The zero-order valence-electron chi connectivity index (χ0n) is 13.5. The molecule has 0 fully saturated rings. The largest absolute Gasteiger partial charge is 0.481 e. The lowest BCUT2D eigenvalue weighted by Gasteiger charge is -2.28. The molecule has 3 atom stereocenters. The van der Waals surface area contributed by atoms with Crippen LogP contribution >= 0.6 is 0 Å². The Balaban J connectivity index is 2.13. The van der Waals surface area contributed by atoms with Gasteiger partial charge in [-0.05, 0) is 31.6 Å². The highest BCUT2D eigenvalue weighted by molar-refractivity contribution is 5.66. The lowest BCUT2D eigenvalue weighted by molar-refractivity contribution is -0.137. The first-order valence-corrected chi connectivity index (χ1v) is 8.71. The first kappa shape index (κ1) is 18.2. The molecular formula is C18H32O3. The molecule has 2 N–H and O–H groups in total. The number of aliphatic carboxylic acids is 1. The minimum atomic E-state index is -0.699. The molecule has 0 spiro atoms. The Labute approximate surface area is 129 Å². The standard InChI is InChI=1S/C18H32O3/c1-2-3-6-9-15-12-13-16(17(19)14-15)10-7-4-5-8-11-18(20)21/h12-13,15-17,19H,2-11,14H2,1H3,(H,20,21). The maximum Gasteiger partial charge on any atom is 0.303 e. The molecule has 0 bridgehead atoms. The number of rotatable bonds is 11. The summed E-state index contributed by atoms with van der Waals surface area (Å²) in [5.74, 6) is 0.181. The molecule has 3 nitrogen and oxygen atoms in total. The first-order chi connectivity index (χ1) is 10.1. The predicted octanol–water partition coefficient (Wildman–Crippen LogP) is 4.55. The molecule has 1 rings (SSSR count). The number of unbranched alkanes of at least 4 members (excludes halogenated alkanes) is 5. The van der Waals surface area contributed by atoms with E-state index in [0.717, 1.165) is 38.5 Å². The van der Waals surface area contributed by atoms with Crippen LogP contribution in [0.5, 0.6) is 0 Å². The normalized spacial score (nSPS) is 25.1. The van der Waals surface area contributed by atoms with Gasteiger partial charge in [0.25, 0.3) is 0 Å². The number of aliphatic hydroxyl groups excluding tert-OH is 1. The van der Waals surface area contributed by atoms with Crippen molar-refractivity contribution in [1.82, 2.24) is 0 Å². The molecule has 3 unspecified atom stereocenters. The molecule has 0 aromatic carbocycles. The van der Waals surface area contributed by atoms with E-state index >= 15 is 0 Å². The van der Waals surface area contributed by atoms with Crippen LogP contribution in [0, 0.1) is 11.8 Å². The van der Waals surface area contributed by atoms with Gasteiger partial charge in [-0.1, -0.05) is 57.6 Å². The maximum absolute atomic E-state index is 10.4. The molecular weight excluding hydrogens is 264 g/mol. The van der Waals surface area contributed by atoms with Crippen molar-refractivity contribution in [3.05, 3.63) is 12.2 Å². The van der Waals surface area contributed by atoms with Crippen molar-refractivity contribution in [2.24, 2.45) is 11.8 Å². The van der Waals surface area contributed by atoms with E-state index < -0.39 is 5.97 Å². The topological polar surface area (TPSA) is 57.5 Å². The zero-order chi connectivity index (χ0) is 15.5. The van der Waals surface area contributed by atoms with Gasteiger partial charge in [0, 0.05) is 12.3 Å². The second-order valence-electron chi connectivity index (χ2n) is 6.45. The van der Waals surface area contributed by atoms with Crippen molar-refractivity contribution in [1.29, 1.82) is 0 Å². The van der Waals surface area contributed by atoms with Gasteiger partial charge in [-0.3, -0.25) is 4.79 Å². The number of aliphatic hydroxyl groups is 1. The van der Waals surface area contributed by atoms with E-state index in [1.165, 1.54) is 25.7 Å². The van der Waals surface area contributed by atoms with Gasteiger partial charge in [-0.15, -0.1) is 0 Å². The summed E-state index contributed by atoms with van der Waals surface area (Å²) in [6.45, 7) is 2.22. The van der Waals surface area contributed by atoms with Gasteiger partial charge in [0.2, 0.25) is 0 Å². The molecule has 0 saturated carbocycles. The van der Waals surface area contributed by atoms with Crippen LogP contribution in [-0.4, -0.2) is 22.3 Å². The number of carboxylic acids is 1. The van der Waals surface area contributed by atoms with Crippen LogP contribution in [0.1, 0.15) is 77.6 Å². The molecule has 0 aromatic rings.